The number of hydrogen-bond acceptors (Lipinski definition) is 6. The summed E-state index contributed by atoms with van der Waals surface area (Å²) in [4.78, 5) is 11.9. The van der Waals surface area contributed by atoms with Crippen LogP contribution in [0, 0.1) is 13.8 Å². The third kappa shape index (κ3) is 3.72. The summed E-state index contributed by atoms with van der Waals surface area (Å²) in [6.45, 7) is 5.65. The van der Waals surface area contributed by atoms with Crippen molar-refractivity contribution in [2.24, 2.45) is 0 Å². The molecule has 0 fully saturated rings. The Morgan fingerprint density at radius 2 is 2.00 bits per heavy atom. The molecule has 0 aliphatic heterocycles. The summed E-state index contributed by atoms with van der Waals surface area (Å²) in [5.41, 5.74) is 2.19. The Morgan fingerprint density at radius 3 is 2.58 bits per heavy atom. The van der Waals surface area contributed by atoms with Gasteiger partial charge in [0.15, 0.2) is 6.10 Å². The minimum Gasteiger partial charge on any atom is -0.481 e. The molecule has 1 unspecified atom stereocenters. The van der Waals surface area contributed by atoms with E-state index in [1.54, 1.807) is 6.92 Å². The van der Waals surface area contributed by atoms with Gasteiger partial charge in [-0.25, -0.2) is 0 Å². The van der Waals surface area contributed by atoms with E-state index < -0.39 is 6.10 Å². The summed E-state index contributed by atoms with van der Waals surface area (Å²) in [5.74, 6) is 0.397. The van der Waals surface area contributed by atoms with E-state index in [0.717, 1.165) is 22.7 Å². The average molecular weight is 278 g/mol. The number of rotatable bonds is 4. The highest BCUT2D eigenvalue weighted by atomic mass is 32.1. The average Bonchev–Trinajstić information content (AvgIpc) is 2.80. The van der Waals surface area contributed by atoms with Crippen molar-refractivity contribution in [2.75, 3.05) is 5.32 Å². The first kappa shape index (κ1) is 13.4. The number of aryl methyl sites for hydroxylation is 2. The van der Waals surface area contributed by atoms with Crippen molar-refractivity contribution in [2.45, 2.75) is 26.9 Å². The number of aromatic nitrogens is 3. The third-order valence-corrected chi connectivity index (χ3v) is 2.92. The maximum atomic E-state index is 11.9. The van der Waals surface area contributed by atoms with Crippen LogP contribution in [-0.4, -0.2) is 26.8 Å². The van der Waals surface area contributed by atoms with E-state index >= 15 is 0 Å². The summed E-state index contributed by atoms with van der Waals surface area (Å²) < 4.78 is 9.18. The molecule has 1 aromatic carbocycles. The van der Waals surface area contributed by atoms with Crippen LogP contribution in [0.5, 0.6) is 5.75 Å². The fraction of sp³-hybridized carbons (Fsp3) is 0.333. The molecule has 100 valence electrons. The van der Waals surface area contributed by atoms with Gasteiger partial charge in [-0.3, -0.25) is 10.1 Å². The van der Waals surface area contributed by atoms with Crippen molar-refractivity contribution in [3.8, 4) is 5.75 Å². The molecule has 1 heterocycles. The zero-order chi connectivity index (χ0) is 13.8. The number of carbonyl (C=O) groups excluding carboxylic acids is 1. The summed E-state index contributed by atoms with van der Waals surface area (Å²) in [6, 6.07) is 5.83. The van der Waals surface area contributed by atoms with Gasteiger partial charge in [0.1, 0.15) is 5.75 Å². The Labute approximate surface area is 115 Å². The first-order valence-corrected chi connectivity index (χ1v) is 6.53. The fourth-order valence-corrected chi connectivity index (χ4v) is 2.02. The molecule has 1 aromatic heterocycles. The Balaban J connectivity index is 2.00. The quantitative estimate of drug-likeness (QED) is 0.925. The molecule has 1 amide bonds. The second-order valence-corrected chi connectivity index (χ2v) is 4.97. The van der Waals surface area contributed by atoms with Crippen molar-refractivity contribution in [1.82, 2.24) is 14.8 Å². The Bertz CT molecular complexity index is 551. The lowest BCUT2D eigenvalue weighted by molar-refractivity contribution is -0.122. The molecule has 0 saturated carbocycles. The van der Waals surface area contributed by atoms with Crippen LogP contribution in [0.25, 0.3) is 0 Å². The molecule has 1 N–H and O–H groups in total. The molecule has 7 heteroatoms. The molecular formula is C12H14N4O2S. The number of anilines is 1. The second kappa shape index (κ2) is 5.75. The van der Waals surface area contributed by atoms with Crippen molar-refractivity contribution >= 4 is 22.6 Å². The van der Waals surface area contributed by atoms with Gasteiger partial charge in [-0.1, -0.05) is 15.7 Å². The van der Waals surface area contributed by atoms with Crippen LogP contribution in [0.2, 0.25) is 0 Å². The van der Waals surface area contributed by atoms with Gasteiger partial charge < -0.3 is 4.74 Å². The highest BCUT2D eigenvalue weighted by Gasteiger charge is 2.16. The molecule has 0 radical (unpaired) electrons. The van der Waals surface area contributed by atoms with E-state index in [0.29, 0.717) is 10.9 Å². The number of nitrogens with zero attached hydrogens (tertiary/aromatic N) is 3. The molecule has 2 aromatic rings. The number of nitrogens with one attached hydrogen (secondary N) is 1. The van der Waals surface area contributed by atoms with Gasteiger partial charge in [-0.2, -0.15) is 0 Å². The number of hydrogen-bond donors (Lipinski definition) is 1. The first-order valence-electron chi connectivity index (χ1n) is 5.75. The first-order chi connectivity index (χ1) is 9.04. The van der Waals surface area contributed by atoms with Gasteiger partial charge in [0.25, 0.3) is 5.91 Å². The minimum absolute atomic E-state index is 0.280. The number of carbonyl (C=O) groups is 1. The SMILES string of the molecule is Cc1cc(C)cc(OC(C)C(=O)Nc2nnns2)c1. The Hall–Kier alpha value is -2.02. The molecule has 19 heavy (non-hydrogen) atoms. The van der Waals surface area contributed by atoms with Gasteiger partial charge in [-0.05, 0) is 49.2 Å². The lowest BCUT2D eigenvalue weighted by Gasteiger charge is -2.14. The molecular weight excluding hydrogens is 264 g/mol. The van der Waals surface area contributed by atoms with Crippen LogP contribution < -0.4 is 10.1 Å². The Morgan fingerprint density at radius 1 is 1.32 bits per heavy atom. The summed E-state index contributed by atoms with van der Waals surface area (Å²) in [7, 11) is 0. The van der Waals surface area contributed by atoms with E-state index in [2.05, 4.69) is 20.1 Å². The number of benzene rings is 1. The zero-order valence-electron chi connectivity index (χ0n) is 10.9. The molecule has 0 aliphatic carbocycles. The number of ether oxygens (including phenoxy) is 1. The highest BCUT2D eigenvalue weighted by Crippen LogP contribution is 2.18. The summed E-state index contributed by atoms with van der Waals surface area (Å²) in [6.07, 6.45) is -0.620. The van der Waals surface area contributed by atoms with Gasteiger partial charge in [0, 0.05) is 11.5 Å². The van der Waals surface area contributed by atoms with Crippen molar-refractivity contribution < 1.29 is 9.53 Å². The standard InChI is InChI=1S/C12H14N4O2S/c1-7-4-8(2)6-10(5-7)18-9(3)11(17)13-12-14-15-16-19-12/h4-6,9H,1-3H3,(H,13,14,16,17). The van der Waals surface area contributed by atoms with E-state index in [4.69, 9.17) is 4.74 Å². The van der Waals surface area contributed by atoms with E-state index in [1.807, 2.05) is 32.0 Å². The molecule has 0 saturated heterocycles. The normalized spacial score (nSPS) is 11.9. The molecule has 0 spiro atoms. The van der Waals surface area contributed by atoms with Crippen LogP contribution >= 0.6 is 11.5 Å². The van der Waals surface area contributed by atoms with E-state index in [9.17, 15) is 4.79 Å². The maximum Gasteiger partial charge on any atom is 0.267 e. The predicted octanol–water partition coefficient (Wildman–Crippen LogP) is 1.96. The molecule has 0 aliphatic rings. The van der Waals surface area contributed by atoms with Crippen LogP contribution in [0.4, 0.5) is 5.13 Å². The summed E-state index contributed by atoms with van der Waals surface area (Å²) in [5, 5.41) is 10.0. The molecule has 2 rings (SSSR count). The fourth-order valence-electron chi connectivity index (χ4n) is 1.65. The van der Waals surface area contributed by atoms with Gasteiger partial charge in [0.05, 0.1) is 0 Å². The maximum absolute atomic E-state index is 11.9. The third-order valence-electron chi connectivity index (χ3n) is 2.41. The summed E-state index contributed by atoms with van der Waals surface area (Å²) >= 11 is 1.02. The molecule has 0 bridgehead atoms. The number of amides is 1. The monoisotopic (exact) mass is 278 g/mol. The van der Waals surface area contributed by atoms with Crippen LogP contribution in [0.3, 0.4) is 0 Å². The van der Waals surface area contributed by atoms with Gasteiger partial charge in [0.2, 0.25) is 5.13 Å². The largest absolute Gasteiger partial charge is 0.481 e. The van der Waals surface area contributed by atoms with Crippen LogP contribution in [0.15, 0.2) is 18.2 Å². The lowest BCUT2D eigenvalue weighted by atomic mass is 10.1. The second-order valence-electron chi connectivity index (χ2n) is 4.24. The molecule has 1 atom stereocenters. The highest BCUT2D eigenvalue weighted by molar-refractivity contribution is 7.09. The van der Waals surface area contributed by atoms with Crippen molar-refractivity contribution in [3.05, 3.63) is 29.3 Å². The smallest absolute Gasteiger partial charge is 0.267 e. The predicted molar refractivity (Wildman–Crippen MR) is 72.3 cm³/mol. The Kier molecular flexibility index (Phi) is 4.06. The topological polar surface area (TPSA) is 77.0 Å². The van der Waals surface area contributed by atoms with E-state index in [-0.39, 0.29) is 5.91 Å². The minimum atomic E-state index is -0.620. The van der Waals surface area contributed by atoms with Crippen LogP contribution in [0.1, 0.15) is 18.1 Å². The van der Waals surface area contributed by atoms with Gasteiger partial charge >= 0.3 is 0 Å². The van der Waals surface area contributed by atoms with Crippen molar-refractivity contribution in [3.63, 3.8) is 0 Å². The van der Waals surface area contributed by atoms with Gasteiger partial charge in [-0.15, -0.1) is 0 Å². The molecule has 6 nitrogen and oxygen atoms in total. The lowest BCUT2D eigenvalue weighted by Crippen LogP contribution is -2.30. The van der Waals surface area contributed by atoms with Crippen LogP contribution in [-0.2, 0) is 4.79 Å². The van der Waals surface area contributed by atoms with E-state index in [1.165, 1.54) is 0 Å². The van der Waals surface area contributed by atoms with Crippen molar-refractivity contribution in [1.29, 1.82) is 0 Å². The zero-order valence-corrected chi connectivity index (χ0v) is 11.7.